The maximum atomic E-state index is 12.9. The molecule has 1 aromatic heterocycles. The second-order valence-electron chi connectivity index (χ2n) is 4.13. The van der Waals surface area contributed by atoms with Gasteiger partial charge in [0.1, 0.15) is 5.82 Å². The van der Waals surface area contributed by atoms with Gasteiger partial charge in [-0.15, -0.1) is 0 Å². The first-order valence-electron chi connectivity index (χ1n) is 5.80. The molecule has 3 rings (SSSR count). The summed E-state index contributed by atoms with van der Waals surface area (Å²) in [5, 5.41) is 4.49. The third-order valence-corrected chi connectivity index (χ3v) is 3.35. The van der Waals surface area contributed by atoms with Crippen molar-refractivity contribution in [2.24, 2.45) is 0 Å². The molecule has 0 unspecified atom stereocenters. The smallest absolute Gasteiger partial charge is 0.123 e. The lowest BCUT2D eigenvalue weighted by Crippen LogP contribution is -1.94. The highest BCUT2D eigenvalue weighted by atomic mass is 79.9. The number of nitrogens with zero attached hydrogens (tertiary/aromatic N) is 2. The van der Waals surface area contributed by atoms with Gasteiger partial charge in [-0.05, 0) is 54.6 Å². The van der Waals surface area contributed by atoms with Crippen molar-refractivity contribution in [3.8, 4) is 16.9 Å². The van der Waals surface area contributed by atoms with Crippen LogP contribution >= 0.6 is 15.9 Å². The van der Waals surface area contributed by atoms with Gasteiger partial charge in [0.15, 0.2) is 0 Å². The minimum absolute atomic E-state index is 0.240. The summed E-state index contributed by atoms with van der Waals surface area (Å²) in [5.41, 5.74) is 2.71. The minimum atomic E-state index is -0.240. The fourth-order valence-corrected chi connectivity index (χ4v) is 2.10. The van der Waals surface area contributed by atoms with Crippen molar-refractivity contribution < 1.29 is 4.39 Å². The molecule has 0 saturated heterocycles. The number of hydrogen-bond acceptors (Lipinski definition) is 1. The van der Waals surface area contributed by atoms with Gasteiger partial charge in [-0.2, -0.15) is 5.10 Å². The molecule has 2 nitrogen and oxygen atoms in total. The topological polar surface area (TPSA) is 17.8 Å². The van der Waals surface area contributed by atoms with Crippen LogP contribution in [0.1, 0.15) is 0 Å². The SMILES string of the molecule is Fc1ccc(-c2ccn(-c3ccc(Br)cc3)n2)cc1. The van der Waals surface area contributed by atoms with Crippen molar-refractivity contribution in [2.75, 3.05) is 0 Å². The second kappa shape index (κ2) is 4.97. The summed E-state index contributed by atoms with van der Waals surface area (Å²) in [6.07, 6.45) is 1.89. The van der Waals surface area contributed by atoms with Gasteiger partial charge in [0, 0.05) is 16.2 Å². The molecule has 0 radical (unpaired) electrons. The van der Waals surface area contributed by atoms with Crippen LogP contribution < -0.4 is 0 Å². The van der Waals surface area contributed by atoms with Crippen LogP contribution in [0.15, 0.2) is 65.3 Å². The maximum absolute atomic E-state index is 12.9. The number of aromatic nitrogens is 2. The molecule has 0 spiro atoms. The van der Waals surface area contributed by atoms with E-state index in [2.05, 4.69) is 21.0 Å². The molecule has 1 heterocycles. The molecule has 94 valence electrons. The van der Waals surface area contributed by atoms with Crippen molar-refractivity contribution in [1.82, 2.24) is 9.78 Å². The first-order valence-corrected chi connectivity index (χ1v) is 6.59. The van der Waals surface area contributed by atoms with Crippen molar-refractivity contribution in [2.45, 2.75) is 0 Å². The van der Waals surface area contributed by atoms with E-state index in [1.165, 1.54) is 12.1 Å². The Balaban J connectivity index is 1.95. The monoisotopic (exact) mass is 316 g/mol. The number of benzene rings is 2. The van der Waals surface area contributed by atoms with E-state index >= 15 is 0 Å². The molecule has 0 atom stereocenters. The Morgan fingerprint density at radius 3 is 2.26 bits per heavy atom. The van der Waals surface area contributed by atoms with Crippen LogP contribution in [0.2, 0.25) is 0 Å². The summed E-state index contributed by atoms with van der Waals surface area (Å²) < 4.78 is 15.7. The molecule has 0 fully saturated rings. The Hall–Kier alpha value is -1.94. The van der Waals surface area contributed by atoms with E-state index in [1.54, 1.807) is 16.8 Å². The Morgan fingerprint density at radius 1 is 0.895 bits per heavy atom. The molecule has 0 saturated carbocycles. The van der Waals surface area contributed by atoms with Gasteiger partial charge in [-0.25, -0.2) is 9.07 Å². The van der Waals surface area contributed by atoms with Gasteiger partial charge in [0.05, 0.1) is 11.4 Å². The largest absolute Gasteiger partial charge is 0.240 e. The highest BCUT2D eigenvalue weighted by Gasteiger charge is 2.04. The molecular formula is C15H10BrFN2. The van der Waals surface area contributed by atoms with Crippen molar-refractivity contribution in [3.63, 3.8) is 0 Å². The van der Waals surface area contributed by atoms with Gasteiger partial charge in [-0.1, -0.05) is 15.9 Å². The normalized spacial score (nSPS) is 10.6. The maximum Gasteiger partial charge on any atom is 0.123 e. The number of halogens is 2. The first kappa shape index (κ1) is 12.1. The average Bonchev–Trinajstić information content (AvgIpc) is 2.90. The molecule has 0 amide bonds. The predicted molar refractivity (Wildman–Crippen MR) is 76.7 cm³/mol. The van der Waals surface area contributed by atoms with Crippen molar-refractivity contribution in [3.05, 3.63) is 71.1 Å². The van der Waals surface area contributed by atoms with Gasteiger partial charge in [-0.3, -0.25) is 0 Å². The first-order chi connectivity index (χ1) is 9.22. The van der Waals surface area contributed by atoms with Crippen LogP contribution in [-0.4, -0.2) is 9.78 Å². The zero-order chi connectivity index (χ0) is 13.2. The molecule has 0 aliphatic carbocycles. The zero-order valence-electron chi connectivity index (χ0n) is 9.92. The third-order valence-electron chi connectivity index (χ3n) is 2.82. The summed E-state index contributed by atoms with van der Waals surface area (Å²) in [4.78, 5) is 0. The lowest BCUT2D eigenvalue weighted by Gasteiger charge is -2.01. The summed E-state index contributed by atoms with van der Waals surface area (Å²) in [5.74, 6) is -0.240. The van der Waals surface area contributed by atoms with Crippen LogP contribution in [0.5, 0.6) is 0 Å². The lowest BCUT2D eigenvalue weighted by molar-refractivity contribution is 0.628. The fraction of sp³-hybridized carbons (Fsp3) is 0. The van der Waals surface area contributed by atoms with Crippen LogP contribution in [0.25, 0.3) is 16.9 Å². The van der Waals surface area contributed by atoms with E-state index < -0.39 is 0 Å². The van der Waals surface area contributed by atoms with Crippen molar-refractivity contribution in [1.29, 1.82) is 0 Å². The van der Waals surface area contributed by atoms with E-state index in [0.717, 1.165) is 21.4 Å². The quantitative estimate of drug-likeness (QED) is 0.683. The van der Waals surface area contributed by atoms with Gasteiger partial charge in [0.25, 0.3) is 0 Å². The molecular weight excluding hydrogens is 307 g/mol. The van der Waals surface area contributed by atoms with E-state index in [0.29, 0.717) is 0 Å². The average molecular weight is 317 g/mol. The van der Waals surface area contributed by atoms with Crippen molar-refractivity contribution >= 4 is 15.9 Å². The second-order valence-corrected chi connectivity index (χ2v) is 5.04. The molecule has 3 aromatic rings. The molecule has 4 heteroatoms. The van der Waals surface area contributed by atoms with E-state index in [-0.39, 0.29) is 5.82 Å². The van der Waals surface area contributed by atoms with E-state index in [4.69, 9.17) is 0 Å². The molecule has 0 aliphatic rings. The van der Waals surface area contributed by atoms with E-state index in [1.807, 2.05) is 36.5 Å². The van der Waals surface area contributed by atoms with Crippen LogP contribution in [0.3, 0.4) is 0 Å². The van der Waals surface area contributed by atoms with Crippen LogP contribution in [0, 0.1) is 5.82 Å². The predicted octanol–water partition coefficient (Wildman–Crippen LogP) is 4.44. The summed E-state index contributed by atoms with van der Waals surface area (Å²) in [6.45, 7) is 0. The summed E-state index contributed by atoms with van der Waals surface area (Å²) in [6, 6.07) is 16.1. The molecule has 19 heavy (non-hydrogen) atoms. The zero-order valence-corrected chi connectivity index (χ0v) is 11.5. The van der Waals surface area contributed by atoms with Gasteiger partial charge < -0.3 is 0 Å². The molecule has 2 aromatic carbocycles. The highest BCUT2D eigenvalue weighted by Crippen LogP contribution is 2.19. The van der Waals surface area contributed by atoms with Crippen LogP contribution in [-0.2, 0) is 0 Å². The molecule has 0 bridgehead atoms. The highest BCUT2D eigenvalue weighted by molar-refractivity contribution is 9.10. The summed E-state index contributed by atoms with van der Waals surface area (Å²) in [7, 11) is 0. The Morgan fingerprint density at radius 2 is 1.58 bits per heavy atom. The van der Waals surface area contributed by atoms with E-state index in [9.17, 15) is 4.39 Å². The summed E-state index contributed by atoms with van der Waals surface area (Å²) >= 11 is 3.40. The number of rotatable bonds is 2. The molecule has 0 N–H and O–H groups in total. The fourth-order valence-electron chi connectivity index (χ4n) is 1.84. The van der Waals surface area contributed by atoms with Crippen LogP contribution in [0.4, 0.5) is 4.39 Å². The van der Waals surface area contributed by atoms with Gasteiger partial charge in [0.2, 0.25) is 0 Å². The Kier molecular flexibility index (Phi) is 3.17. The number of hydrogen-bond donors (Lipinski definition) is 0. The Bertz CT molecular complexity index is 627. The molecule has 0 aliphatic heterocycles. The standard InChI is InChI=1S/C15H10BrFN2/c16-12-3-7-14(8-4-12)19-10-9-15(18-19)11-1-5-13(17)6-2-11/h1-10H. The Labute approximate surface area is 118 Å². The third kappa shape index (κ3) is 2.58. The minimum Gasteiger partial charge on any atom is -0.240 e. The van der Waals surface area contributed by atoms with Gasteiger partial charge >= 0.3 is 0 Å². The lowest BCUT2D eigenvalue weighted by atomic mass is 10.1.